The third kappa shape index (κ3) is 3.15. The summed E-state index contributed by atoms with van der Waals surface area (Å²) >= 11 is 0. The molecule has 0 atom stereocenters. The van der Waals surface area contributed by atoms with Gasteiger partial charge >= 0.3 is 7.12 Å². The van der Waals surface area contributed by atoms with Crippen LogP contribution in [0.5, 0.6) is 5.75 Å². The van der Waals surface area contributed by atoms with Gasteiger partial charge in [-0.1, -0.05) is 0 Å². The van der Waals surface area contributed by atoms with Crippen molar-refractivity contribution in [3.8, 4) is 5.75 Å². The zero-order valence-electron chi connectivity index (χ0n) is 15.3. The topological polar surface area (TPSA) is 60.9 Å². The van der Waals surface area contributed by atoms with E-state index in [-0.39, 0.29) is 12.0 Å². The molecule has 1 saturated heterocycles. The summed E-state index contributed by atoms with van der Waals surface area (Å²) in [5.74, 6) is 0.465. The van der Waals surface area contributed by atoms with E-state index in [4.69, 9.17) is 14.0 Å². The van der Waals surface area contributed by atoms with Crippen LogP contribution in [0.25, 0.3) is 0 Å². The lowest BCUT2D eigenvalue weighted by Crippen LogP contribution is -2.41. The fourth-order valence-corrected chi connectivity index (χ4v) is 2.42. The normalized spacial score (nSPS) is 21.7. The number of ether oxygens (including phenoxy) is 1. The monoisotopic (exact) mass is 332 g/mol. The van der Waals surface area contributed by atoms with Crippen molar-refractivity contribution in [2.45, 2.75) is 57.8 Å². The highest BCUT2D eigenvalue weighted by Gasteiger charge is 2.53. The molecule has 0 unspecified atom stereocenters. The molecule has 7 heteroatoms. The van der Waals surface area contributed by atoms with Gasteiger partial charge in [0.1, 0.15) is 11.3 Å². The van der Waals surface area contributed by atoms with Gasteiger partial charge < -0.3 is 18.9 Å². The molecule has 6 nitrogen and oxygen atoms in total. The van der Waals surface area contributed by atoms with Crippen LogP contribution in [0.1, 0.15) is 50.9 Å². The molecule has 1 aromatic heterocycles. The second kappa shape index (κ2) is 5.74. The molecule has 1 amide bonds. The van der Waals surface area contributed by atoms with E-state index in [0.717, 1.165) is 12.8 Å². The van der Waals surface area contributed by atoms with Crippen molar-refractivity contribution in [2.24, 2.45) is 0 Å². The number of hydrogen-bond acceptors (Lipinski definition) is 5. The summed E-state index contributed by atoms with van der Waals surface area (Å²) in [4.78, 5) is 18.2. The van der Waals surface area contributed by atoms with Crippen LogP contribution in [0.2, 0.25) is 0 Å². The molecule has 2 fully saturated rings. The van der Waals surface area contributed by atoms with Gasteiger partial charge in [0.05, 0.1) is 22.9 Å². The van der Waals surface area contributed by atoms with Crippen molar-refractivity contribution in [3.05, 3.63) is 17.8 Å². The Kier molecular flexibility index (Phi) is 4.12. The maximum atomic E-state index is 12.2. The number of carbonyl (C=O) groups is 1. The number of rotatable bonds is 4. The summed E-state index contributed by atoms with van der Waals surface area (Å²) in [5, 5.41) is 0. The molecule has 0 bridgehead atoms. The smallest absolute Gasteiger partial charge is 0.489 e. The van der Waals surface area contributed by atoms with Crippen molar-refractivity contribution in [2.75, 3.05) is 14.1 Å². The molecule has 2 heterocycles. The van der Waals surface area contributed by atoms with Gasteiger partial charge in [0.25, 0.3) is 5.91 Å². The average Bonchev–Trinajstić information content (AvgIpc) is 3.25. The molecule has 0 radical (unpaired) electrons. The van der Waals surface area contributed by atoms with Crippen LogP contribution >= 0.6 is 0 Å². The Morgan fingerprint density at radius 3 is 2.33 bits per heavy atom. The highest BCUT2D eigenvalue weighted by molar-refractivity contribution is 6.62. The molecule has 24 heavy (non-hydrogen) atoms. The molecular weight excluding hydrogens is 307 g/mol. The number of hydrogen-bond donors (Lipinski definition) is 0. The average molecular weight is 332 g/mol. The maximum Gasteiger partial charge on any atom is 0.518 e. The molecule has 0 aromatic carbocycles. The highest BCUT2D eigenvalue weighted by atomic mass is 16.7. The Balaban J connectivity index is 1.94. The summed E-state index contributed by atoms with van der Waals surface area (Å²) in [6.45, 7) is 7.99. The van der Waals surface area contributed by atoms with Crippen LogP contribution in [0.15, 0.2) is 12.3 Å². The van der Waals surface area contributed by atoms with Gasteiger partial charge in [-0.25, -0.2) is 0 Å². The molecule has 1 aliphatic heterocycles. The van der Waals surface area contributed by atoms with Gasteiger partial charge in [0.15, 0.2) is 0 Å². The highest BCUT2D eigenvalue weighted by Crippen LogP contribution is 2.37. The lowest BCUT2D eigenvalue weighted by atomic mass is 9.83. The number of amides is 1. The quantitative estimate of drug-likeness (QED) is 0.784. The summed E-state index contributed by atoms with van der Waals surface area (Å²) in [7, 11) is 2.82. The van der Waals surface area contributed by atoms with Crippen molar-refractivity contribution >= 4 is 18.6 Å². The lowest BCUT2D eigenvalue weighted by Gasteiger charge is -2.32. The Labute approximate surface area is 143 Å². The van der Waals surface area contributed by atoms with Gasteiger partial charge in [0, 0.05) is 20.3 Å². The SMILES string of the molecule is CN(C)C(=O)c1cnc(B2OC(C)(C)C(C)(C)O2)c(OC2CC2)c1. The molecule has 2 aliphatic rings. The molecule has 1 saturated carbocycles. The van der Waals surface area contributed by atoms with E-state index < -0.39 is 18.3 Å². The van der Waals surface area contributed by atoms with Crippen molar-refractivity contribution in [1.29, 1.82) is 0 Å². The Morgan fingerprint density at radius 1 is 1.25 bits per heavy atom. The van der Waals surface area contributed by atoms with Gasteiger partial charge in [-0.05, 0) is 46.6 Å². The van der Waals surface area contributed by atoms with Gasteiger partial charge in [-0.2, -0.15) is 0 Å². The van der Waals surface area contributed by atoms with Crippen molar-refractivity contribution in [3.63, 3.8) is 0 Å². The predicted molar refractivity (Wildman–Crippen MR) is 91.6 cm³/mol. The van der Waals surface area contributed by atoms with E-state index in [1.54, 1.807) is 26.4 Å². The first-order valence-electron chi connectivity index (χ1n) is 8.34. The molecule has 1 aliphatic carbocycles. The first-order valence-corrected chi connectivity index (χ1v) is 8.34. The third-order valence-corrected chi connectivity index (χ3v) is 4.83. The van der Waals surface area contributed by atoms with Gasteiger partial charge in [-0.3, -0.25) is 9.78 Å². The van der Waals surface area contributed by atoms with Crippen molar-refractivity contribution < 1.29 is 18.8 Å². The summed E-state index contributed by atoms with van der Waals surface area (Å²) in [6.07, 6.45) is 3.80. The Morgan fingerprint density at radius 2 is 1.83 bits per heavy atom. The zero-order valence-corrected chi connectivity index (χ0v) is 15.3. The summed E-state index contributed by atoms with van der Waals surface area (Å²) in [6, 6.07) is 1.74. The molecule has 0 spiro atoms. The molecule has 130 valence electrons. The number of carbonyl (C=O) groups excluding carboxylic acids is 1. The minimum absolute atomic E-state index is 0.108. The fraction of sp³-hybridized carbons (Fsp3) is 0.647. The van der Waals surface area contributed by atoms with Crippen LogP contribution in [0.3, 0.4) is 0 Å². The molecular formula is C17H25BN2O4. The summed E-state index contributed by atoms with van der Waals surface area (Å²) < 4.78 is 18.1. The van der Waals surface area contributed by atoms with E-state index in [9.17, 15) is 4.79 Å². The standard InChI is InChI=1S/C17H25BN2O4/c1-16(2)17(3,4)24-18(23-16)14-13(22-12-7-8-12)9-11(10-19-14)15(21)20(5)6/h9-10,12H,7-8H2,1-6H3. The lowest BCUT2D eigenvalue weighted by molar-refractivity contribution is 0.00578. The fourth-order valence-electron chi connectivity index (χ4n) is 2.42. The van der Waals surface area contributed by atoms with Gasteiger partial charge in [-0.15, -0.1) is 0 Å². The molecule has 3 rings (SSSR count). The number of pyridine rings is 1. The second-order valence-electron chi connectivity index (χ2n) is 7.71. The van der Waals surface area contributed by atoms with E-state index in [1.165, 1.54) is 4.90 Å². The number of nitrogens with zero attached hydrogens (tertiary/aromatic N) is 2. The van der Waals surface area contributed by atoms with E-state index in [0.29, 0.717) is 16.9 Å². The van der Waals surface area contributed by atoms with Crippen LogP contribution in [0.4, 0.5) is 0 Å². The Bertz CT molecular complexity index is 640. The third-order valence-electron chi connectivity index (χ3n) is 4.83. The minimum atomic E-state index is -0.604. The number of aromatic nitrogens is 1. The minimum Gasteiger partial charge on any atom is -0.489 e. The largest absolute Gasteiger partial charge is 0.518 e. The molecule has 1 aromatic rings. The van der Waals surface area contributed by atoms with Crippen molar-refractivity contribution in [1.82, 2.24) is 9.88 Å². The van der Waals surface area contributed by atoms with E-state index in [2.05, 4.69) is 4.98 Å². The Hall–Kier alpha value is -1.60. The molecule has 0 N–H and O–H groups in total. The van der Waals surface area contributed by atoms with E-state index >= 15 is 0 Å². The van der Waals surface area contributed by atoms with Crippen LogP contribution in [0, 0.1) is 0 Å². The first kappa shape index (κ1) is 17.2. The van der Waals surface area contributed by atoms with Crippen LogP contribution in [-0.4, -0.2) is 54.3 Å². The van der Waals surface area contributed by atoms with Crippen LogP contribution < -0.4 is 10.3 Å². The second-order valence-corrected chi connectivity index (χ2v) is 7.71. The van der Waals surface area contributed by atoms with Gasteiger partial charge in [0.2, 0.25) is 0 Å². The van der Waals surface area contributed by atoms with E-state index in [1.807, 2.05) is 27.7 Å². The van der Waals surface area contributed by atoms with Crippen LogP contribution in [-0.2, 0) is 9.31 Å². The zero-order chi connectivity index (χ0) is 17.7. The first-order chi connectivity index (χ1) is 11.1. The maximum absolute atomic E-state index is 12.2. The predicted octanol–water partition coefficient (Wildman–Crippen LogP) is 1.62. The summed E-state index contributed by atoms with van der Waals surface area (Å²) in [5.41, 5.74) is 0.189.